The van der Waals surface area contributed by atoms with Crippen molar-refractivity contribution in [1.82, 2.24) is 4.31 Å². The first-order valence-corrected chi connectivity index (χ1v) is 6.84. The topological polar surface area (TPSA) is 63.2 Å². The summed E-state index contributed by atoms with van der Waals surface area (Å²) in [4.78, 5) is 10.1. The molecule has 0 saturated carbocycles. The summed E-state index contributed by atoms with van der Waals surface area (Å²) in [7, 11) is -1.02. The minimum atomic E-state index is -1.02. The molecule has 18 heavy (non-hydrogen) atoms. The first kappa shape index (κ1) is 13.2. The van der Waals surface area contributed by atoms with Gasteiger partial charge >= 0.3 is 0 Å². The van der Waals surface area contributed by atoms with Crippen molar-refractivity contribution in [3.63, 3.8) is 0 Å². The second kappa shape index (κ2) is 4.44. The maximum Gasteiger partial charge on any atom is 0.269 e. The SMILES string of the molecule is CC(C)(C)[S@](=O)N1C[C@H]1c1ccc([N+](=O)[O-])cc1. The molecule has 0 aliphatic carbocycles. The van der Waals surface area contributed by atoms with Crippen molar-refractivity contribution in [2.24, 2.45) is 0 Å². The first-order valence-electron chi connectivity index (χ1n) is 5.73. The van der Waals surface area contributed by atoms with Gasteiger partial charge in [0.25, 0.3) is 5.69 Å². The van der Waals surface area contributed by atoms with E-state index in [0.29, 0.717) is 0 Å². The van der Waals surface area contributed by atoms with Gasteiger partial charge in [-0.2, -0.15) is 0 Å². The van der Waals surface area contributed by atoms with Crippen molar-refractivity contribution in [2.45, 2.75) is 31.6 Å². The van der Waals surface area contributed by atoms with E-state index >= 15 is 0 Å². The van der Waals surface area contributed by atoms with Gasteiger partial charge in [-0.15, -0.1) is 0 Å². The third-order valence-corrected chi connectivity index (χ3v) is 4.67. The summed E-state index contributed by atoms with van der Waals surface area (Å²) in [6.07, 6.45) is 0. The Kier molecular flexibility index (Phi) is 3.25. The van der Waals surface area contributed by atoms with E-state index in [9.17, 15) is 14.3 Å². The summed E-state index contributed by atoms with van der Waals surface area (Å²) in [5, 5.41) is 10.5. The smallest absolute Gasteiger partial charge is 0.258 e. The molecule has 1 aliphatic rings. The van der Waals surface area contributed by atoms with Gasteiger partial charge in [0, 0.05) is 18.7 Å². The highest BCUT2D eigenvalue weighted by atomic mass is 32.2. The number of benzene rings is 1. The Hall–Kier alpha value is -1.27. The lowest BCUT2D eigenvalue weighted by atomic mass is 10.1. The molecule has 1 aromatic rings. The highest BCUT2D eigenvalue weighted by molar-refractivity contribution is 7.84. The van der Waals surface area contributed by atoms with Crippen LogP contribution in [-0.4, -0.2) is 24.7 Å². The van der Waals surface area contributed by atoms with E-state index in [1.54, 1.807) is 12.1 Å². The molecule has 1 aromatic carbocycles. The molecule has 1 aliphatic heterocycles. The Labute approximate surface area is 109 Å². The second-order valence-corrected chi connectivity index (χ2v) is 7.52. The third-order valence-electron chi connectivity index (χ3n) is 2.79. The average Bonchev–Trinajstić information content (AvgIpc) is 3.06. The van der Waals surface area contributed by atoms with Crippen LogP contribution in [0.5, 0.6) is 0 Å². The molecule has 6 heteroatoms. The lowest BCUT2D eigenvalue weighted by Gasteiger charge is -2.18. The van der Waals surface area contributed by atoms with Gasteiger partial charge in [-0.25, -0.2) is 8.51 Å². The zero-order chi connectivity index (χ0) is 13.5. The lowest BCUT2D eigenvalue weighted by Crippen LogP contribution is -2.27. The van der Waals surface area contributed by atoms with E-state index < -0.39 is 15.9 Å². The highest BCUT2D eigenvalue weighted by Crippen LogP contribution is 2.39. The van der Waals surface area contributed by atoms with Gasteiger partial charge in [0.2, 0.25) is 0 Å². The minimum absolute atomic E-state index is 0.0860. The normalized spacial score (nSPS) is 24.6. The summed E-state index contributed by atoms with van der Waals surface area (Å²) in [6.45, 7) is 6.57. The largest absolute Gasteiger partial charge is 0.269 e. The van der Waals surface area contributed by atoms with Crippen LogP contribution in [0.4, 0.5) is 5.69 Å². The summed E-state index contributed by atoms with van der Waals surface area (Å²) in [5.41, 5.74) is 1.07. The molecule has 5 nitrogen and oxygen atoms in total. The molecule has 0 spiro atoms. The summed E-state index contributed by atoms with van der Waals surface area (Å²) >= 11 is 0. The molecule has 0 amide bonds. The van der Waals surface area contributed by atoms with E-state index in [4.69, 9.17) is 0 Å². The van der Waals surface area contributed by atoms with Gasteiger partial charge in [0.15, 0.2) is 0 Å². The molecular formula is C12H16N2O3S. The number of nitro benzene ring substituents is 1. The number of non-ortho nitro benzene ring substituents is 1. The second-order valence-electron chi connectivity index (χ2n) is 5.33. The Morgan fingerprint density at radius 2 is 1.89 bits per heavy atom. The standard InChI is InChI=1S/C12H16N2O3S/c1-12(2,3)18(17)13-8-11(13)9-4-6-10(7-5-9)14(15)16/h4-7,11H,8H2,1-3H3/t11-,13?,18-/m0/s1. The van der Waals surface area contributed by atoms with Crippen molar-refractivity contribution in [3.8, 4) is 0 Å². The van der Waals surface area contributed by atoms with Gasteiger partial charge in [0.05, 0.1) is 15.7 Å². The fourth-order valence-corrected chi connectivity index (χ4v) is 3.08. The van der Waals surface area contributed by atoms with Crippen LogP contribution in [0, 0.1) is 10.1 Å². The van der Waals surface area contributed by atoms with Crippen LogP contribution in [0.25, 0.3) is 0 Å². The molecule has 0 bridgehead atoms. The fraction of sp³-hybridized carbons (Fsp3) is 0.500. The Morgan fingerprint density at radius 1 is 1.33 bits per heavy atom. The van der Waals surface area contributed by atoms with Crippen molar-refractivity contribution in [3.05, 3.63) is 39.9 Å². The van der Waals surface area contributed by atoms with E-state index in [1.165, 1.54) is 12.1 Å². The van der Waals surface area contributed by atoms with Gasteiger partial charge < -0.3 is 0 Å². The van der Waals surface area contributed by atoms with Crippen LogP contribution in [-0.2, 0) is 11.0 Å². The average molecular weight is 268 g/mol. The van der Waals surface area contributed by atoms with Crippen LogP contribution in [0.2, 0.25) is 0 Å². The predicted molar refractivity (Wildman–Crippen MR) is 70.4 cm³/mol. The van der Waals surface area contributed by atoms with Crippen LogP contribution in [0.1, 0.15) is 32.4 Å². The van der Waals surface area contributed by atoms with E-state index in [0.717, 1.165) is 12.1 Å². The lowest BCUT2D eigenvalue weighted by molar-refractivity contribution is -0.384. The maximum atomic E-state index is 12.1. The molecule has 1 fully saturated rings. The van der Waals surface area contributed by atoms with Gasteiger partial charge in [-0.3, -0.25) is 10.1 Å². The molecule has 3 atom stereocenters. The summed E-state index contributed by atoms with van der Waals surface area (Å²) < 4.78 is 13.8. The quantitative estimate of drug-likeness (QED) is 0.480. The molecule has 0 N–H and O–H groups in total. The van der Waals surface area contributed by atoms with Gasteiger partial charge in [0.1, 0.15) is 11.0 Å². The maximum absolute atomic E-state index is 12.1. The molecule has 98 valence electrons. The molecule has 1 saturated heterocycles. The Morgan fingerprint density at radius 3 is 2.33 bits per heavy atom. The van der Waals surface area contributed by atoms with Crippen LogP contribution in [0.15, 0.2) is 24.3 Å². The monoisotopic (exact) mass is 268 g/mol. The Balaban J connectivity index is 2.08. The van der Waals surface area contributed by atoms with E-state index in [2.05, 4.69) is 0 Å². The summed E-state index contributed by atoms with van der Waals surface area (Å²) in [6, 6.07) is 6.59. The molecular weight excluding hydrogens is 252 g/mol. The molecule has 0 aromatic heterocycles. The van der Waals surface area contributed by atoms with Crippen molar-refractivity contribution in [1.29, 1.82) is 0 Å². The number of nitrogens with zero attached hydrogens (tertiary/aromatic N) is 2. The van der Waals surface area contributed by atoms with Crippen molar-refractivity contribution >= 4 is 16.7 Å². The Bertz CT molecular complexity index is 493. The fourth-order valence-electron chi connectivity index (χ4n) is 1.75. The van der Waals surface area contributed by atoms with E-state index in [-0.39, 0.29) is 16.5 Å². The minimum Gasteiger partial charge on any atom is -0.258 e. The van der Waals surface area contributed by atoms with Crippen molar-refractivity contribution in [2.75, 3.05) is 6.54 Å². The van der Waals surface area contributed by atoms with Gasteiger partial charge in [-0.1, -0.05) is 12.1 Å². The van der Waals surface area contributed by atoms with Gasteiger partial charge in [-0.05, 0) is 26.3 Å². The van der Waals surface area contributed by atoms with Crippen LogP contribution in [0.3, 0.4) is 0 Å². The zero-order valence-corrected chi connectivity index (χ0v) is 11.4. The summed E-state index contributed by atoms with van der Waals surface area (Å²) in [5.74, 6) is 0. The first-order chi connectivity index (χ1) is 8.30. The van der Waals surface area contributed by atoms with Crippen LogP contribution < -0.4 is 0 Å². The van der Waals surface area contributed by atoms with Crippen LogP contribution >= 0.6 is 0 Å². The zero-order valence-electron chi connectivity index (χ0n) is 10.6. The van der Waals surface area contributed by atoms with E-state index in [1.807, 2.05) is 25.1 Å². The molecule has 2 rings (SSSR count). The number of hydrogen-bond donors (Lipinski definition) is 0. The predicted octanol–water partition coefficient (Wildman–Crippen LogP) is 2.41. The molecule has 1 heterocycles. The number of nitro groups is 1. The number of hydrogen-bond acceptors (Lipinski definition) is 3. The number of rotatable bonds is 3. The molecule has 1 unspecified atom stereocenters. The highest BCUT2D eigenvalue weighted by Gasteiger charge is 2.43. The third kappa shape index (κ3) is 2.59. The molecule has 0 radical (unpaired) electrons. The van der Waals surface area contributed by atoms with Crippen molar-refractivity contribution < 1.29 is 9.13 Å².